The predicted molar refractivity (Wildman–Crippen MR) is 107 cm³/mol. The maximum Gasteiger partial charge on any atom is 0.153 e. The fourth-order valence-corrected chi connectivity index (χ4v) is 2.32. The van der Waals surface area contributed by atoms with Crippen LogP contribution in [-0.2, 0) is 13.1 Å². The van der Waals surface area contributed by atoms with Crippen LogP contribution in [0.15, 0.2) is 47.5 Å². The van der Waals surface area contributed by atoms with E-state index in [1.165, 1.54) is 6.07 Å². The van der Waals surface area contributed by atoms with Crippen molar-refractivity contribution in [1.82, 2.24) is 5.32 Å². The van der Waals surface area contributed by atoms with Gasteiger partial charge in [-0.1, -0.05) is 24.3 Å². The van der Waals surface area contributed by atoms with Crippen LogP contribution >= 0.6 is 37.2 Å². The molecule has 138 valence electrons. The third-order valence-electron chi connectivity index (χ3n) is 3.60. The number of halogens is 4. The first-order valence-electron chi connectivity index (χ1n) is 7.21. The highest BCUT2D eigenvalue weighted by Crippen LogP contribution is 2.32. The summed E-state index contributed by atoms with van der Waals surface area (Å²) < 4.78 is 19.2. The molecule has 1 atom stereocenters. The summed E-state index contributed by atoms with van der Waals surface area (Å²) in [5.41, 5.74) is 8.24. The zero-order valence-electron chi connectivity index (χ0n) is 13.6. The first-order chi connectivity index (χ1) is 10.6. The van der Waals surface area contributed by atoms with Gasteiger partial charge in [0.2, 0.25) is 0 Å². The lowest BCUT2D eigenvalue weighted by Crippen LogP contribution is -2.33. The first kappa shape index (κ1) is 23.5. The molecule has 0 bridgehead atoms. The van der Waals surface area contributed by atoms with E-state index in [1.54, 1.807) is 12.1 Å². The number of hydrogen-bond donors (Lipinski definition) is 2. The van der Waals surface area contributed by atoms with Gasteiger partial charge < -0.3 is 15.8 Å². The number of nitrogens with two attached hydrogens (primary N) is 1. The zero-order valence-corrected chi connectivity index (χ0v) is 16.0. The number of hydrogen-bond acceptors (Lipinski definition) is 4. The van der Waals surface area contributed by atoms with Crippen LogP contribution in [0.3, 0.4) is 0 Å². The Morgan fingerprint density at radius 3 is 2.56 bits per heavy atom. The second kappa shape index (κ2) is 10.5. The lowest BCUT2D eigenvalue weighted by Gasteiger charge is -2.21. The summed E-state index contributed by atoms with van der Waals surface area (Å²) in [6, 6.07) is 12.5. The Bertz CT molecular complexity index is 728. The van der Waals surface area contributed by atoms with Crippen molar-refractivity contribution in [3.63, 3.8) is 0 Å². The Morgan fingerprint density at radius 2 is 1.84 bits per heavy atom. The van der Waals surface area contributed by atoms with E-state index >= 15 is 0 Å². The molecule has 1 unspecified atom stereocenters. The number of nitrogens with zero attached hydrogens (tertiary/aromatic N) is 1. The molecule has 0 saturated carbocycles. The molecule has 0 amide bonds. The van der Waals surface area contributed by atoms with Gasteiger partial charge in [-0.05, 0) is 30.7 Å². The van der Waals surface area contributed by atoms with Crippen molar-refractivity contribution in [3.8, 4) is 5.75 Å². The van der Waals surface area contributed by atoms with Gasteiger partial charge >= 0.3 is 0 Å². The molecule has 8 heteroatoms. The molecule has 1 aliphatic heterocycles. The van der Waals surface area contributed by atoms with E-state index in [9.17, 15) is 4.39 Å². The minimum atomic E-state index is -0.197. The Kier molecular flexibility index (Phi) is 9.82. The third kappa shape index (κ3) is 5.75. The molecular weight excluding hydrogens is 388 g/mol. The van der Waals surface area contributed by atoms with Crippen LogP contribution in [0, 0.1) is 5.82 Å². The van der Waals surface area contributed by atoms with E-state index in [1.807, 2.05) is 31.2 Å². The summed E-state index contributed by atoms with van der Waals surface area (Å²) >= 11 is 0. The van der Waals surface area contributed by atoms with Crippen molar-refractivity contribution < 1.29 is 9.13 Å². The van der Waals surface area contributed by atoms with Gasteiger partial charge in [0.05, 0.1) is 0 Å². The van der Waals surface area contributed by atoms with Gasteiger partial charge in [0.15, 0.2) is 6.10 Å². The summed E-state index contributed by atoms with van der Waals surface area (Å²) in [7, 11) is 0. The van der Waals surface area contributed by atoms with Crippen LogP contribution in [0.5, 0.6) is 5.75 Å². The normalized spacial score (nSPS) is 14.6. The quantitative estimate of drug-likeness (QED) is 0.799. The molecule has 0 saturated heterocycles. The Labute approximate surface area is 165 Å². The fraction of sp³-hybridized carbons (Fsp3) is 0.235. The van der Waals surface area contributed by atoms with Gasteiger partial charge in [0, 0.05) is 18.7 Å². The van der Waals surface area contributed by atoms with Crippen molar-refractivity contribution >= 4 is 48.7 Å². The third-order valence-corrected chi connectivity index (χ3v) is 3.60. The fourth-order valence-electron chi connectivity index (χ4n) is 2.32. The molecule has 0 aliphatic carbocycles. The summed E-state index contributed by atoms with van der Waals surface area (Å²) in [6.07, 6.45) is -0.197. The average molecular weight is 409 g/mol. The minimum absolute atomic E-state index is 0. The van der Waals surface area contributed by atoms with E-state index in [4.69, 9.17) is 10.5 Å². The lowest BCUT2D eigenvalue weighted by molar-refractivity contribution is 0.281. The Balaban J connectivity index is 0.00000192. The van der Waals surface area contributed by atoms with E-state index in [0.29, 0.717) is 24.5 Å². The second-order valence-electron chi connectivity index (χ2n) is 5.29. The van der Waals surface area contributed by atoms with Crippen molar-refractivity contribution in [1.29, 1.82) is 0 Å². The van der Waals surface area contributed by atoms with Gasteiger partial charge in [0.1, 0.15) is 23.1 Å². The van der Waals surface area contributed by atoms with Gasteiger partial charge in [-0.3, -0.25) is 0 Å². The molecule has 1 heterocycles. The molecular formula is C17H21Cl3FN3O. The molecule has 3 rings (SSSR count). The van der Waals surface area contributed by atoms with E-state index in [0.717, 1.165) is 17.0 Å². The number of aliphatic imine (C=N–C) groups is 1. The molecule has 4 nitrogen and oxygen atoms in total. The summed E-state index contributed by atoms with van der Waals surface area (Å²) in [5.74, 6) is 1.02. The standard InChI is InChI=1S/C17H18FN3O.3ClH/c1-11-17(19)21-15-8-12(6-7-16(15)22-11)9-20-10-13-4-2-3-5-14(13)18;;;/h2-8,11,20H,9-10H2,1H3,(H2,19,21);3*1H. The number of fused-ring (bicyclic) bond motifs is 1. The SMILES string of the molecule is CC1Oc2ccc(CNCc3ccccc3F)cc2N=C1N.Cl.Cl.Cl. The molecule has 2 aromatic rings. The van der Waals surface area contributed by atoms with Crippen molar-refractivity contribution in [2.45, 2.75) is 26.1 Å². The molecule has 3 N–H and O–H groups in total. The van der Waals surface area contributed by atoms with Crippen LogP contribution in [-0.4, -0.2) is 11.9 Å². The van der Waals surface area contributed by atoms with Crippen molar-refractivity contribution in [3.05, 3.63) is 59.4 Å². The summed E-state index contributed by atoms with van der Waals surface area (Å²) in [5, 5.41) is 3.23. The molecule has 0 aromatic heterocycles. The Morgan fingerprint density at radius 1 is 1.12 bits per heavy atom. The smallest absolute Gasteiger partial charge is 0.153 e. The van der Waals surface area contributed by atoms with Gasteiger partial charge in [-0.15, -0.1) is 37.2 Å². The number of ether oxygens (including phenoxy) is 1. The monoisotopic (exact) mass is 407 g/mol. The zero-order chi connectivity index (χ0) is 15.5. The number of rotatable bonds is 4. The number of nitrogens with one attached hydrogen (secondary N) is 1. The van der Waals surface area contributed by atoms with E-state index in [-0.39, 0.29) is 49.1 Å². The van der Waals surface area contributed by atoms with Gasteiger partial charge in [-0.25, -0.2) is 9.38 Å². The maximum absolute atomic E-state index is 13.5. The number of amidine groups is 1. The molecule has 25 heavy (non-hydrogen) atoms. The van der Waals surface area contributed by atoms with E-state index in [2.05, 4.69) is 10.3 Å². The molecule has 0 radical (unpaired) electrons. The second-order valence-corrected chi connectivity index (χ2v) is 5.29. The first-order valence-corrected chi connectivity index (χ1v) is 7.21. The van der Waals surface area contributed by atoms with Gasteiger partial charge in [-0.2, -0.15) is 0 Å². The summed E-state index contributed by atoms with van der Waals surface area (Å²) in [6.45, 7) is 2.96. The molecule has 0 fully saturated rings. The van der Waals surface area contributed by atoms with Crippen LogP contribution in [0.25, 0.3) is 0 Å². The lowest BCUT2D eigenvalue weighted by atomic mass is 10.1. The van der Waals surface area contributed by atoms with E-state index < -0.39 is 0 Å². The minimum Gasteiger partial charge on any atom is -0.481 e. The van der Waals surface area contributed by atoms with Crippen molar-refractivity contribution in [2.75, 3.05) is 0 Å². The Hall–Kier alpha value is -1.53. The maximum atomic E-state index is 13.5. The highest BCUT2D eigenvalue weighted by molar-refractivity contribution is 5.89. The molecule has 0 spiro atoms. The molecule has 1 aliphatic rings. The summed E-state index contributed by atoms with van der Waals surface area (Å²) in [4.78, 5) is 4.35. The number of benzene rings is 2. The van der Waals surface area contributed by atoms with Crippen molar-refractivity contribution in [2.24, 2.45) is 10.7 Å². The highest BCUT2D eigenvalue weighted by Gasteiger charge is 2.18. The van der Waals surface area contributed by atoms with Crippen LogP contribution in [0.2, 0.25) is 0 Å². The van der Waals surface area contributed by atoms with Crippen LogP contribution in [0.4, 0.5) is 10.1 Å². The average Bonchev–Trinajstić information content (AvgIpc) is 2.50. The predicted octanol–water partition coefficient (Wildman–Crippen LogP) is 4.15. The highest BCUT2D eigenvalue weighted by atomic mass is 35.5. The van der Waals surface area contributed by atoms with Crippen LogP contribution in [0.1, 0.15) is 18.1 Å². The topological polar surface area (TPSA) is 59.6 Å². The van der Waals surface area contributed by atoms with Crippen LogP contribution < -0.4 is 15.8 Å². The largest absolute Gasteiger partial charge is 0.481 e. The molecule has 2 aromatic carbocycles. The van der Waals surface area contributed by atoms with Gasteiger partial charge in [0.25, 0.3) is 0 Å².